The summed E-state index contributed by atoms with van der Waals surface area (Å²) in [6, 6.07) is 6.94. The number of amides is 2. The third-order valence-electron chi connectivity index (χ3n) is 6.25. The van der Waals surface area contributed by atoms with Crippen molar-refractivity contribution >= 4 is 23.5 Å². The lowest BCUT2D eigenvalue weighted by Crippen LogP contribution is -2.42. The molecule has 0 bridgehead atoms. The van der Waals surface area contributed by atoms with Crippen molar-refractivity contribution in [1.82, 2.24) is 4.90 Å². The maximum atomic E-state index is 12.9. The molecular formula is C22H30N2O4. The minimum Gasteiger partial charge on any atom is -0.481 e. The van der Waals surface area contributed by atoms with Gasteiger partial charge in [0.15, 0.2) is 0 Å². The van der Waals surface area contributed by atoms with Gasteiger partial charge in [-0.1, -0.05) is 25.0 Å². The quantitative estimate of drug-likeness (QED) is 0.812. The number of nitrogens with zero attached hydrogens (tertiary/aromatic N) is 1. The maximum Gasteiger partial charge on any atom is 0.313 e. The Kier molecular flexibility index (Phi) is 6.06. The van der Waals surface area contributed by atoms with Crippen molar-refractivity contribution in [3.8, 4) is 0 Å². The average Bonchev–Trinajstić information content (AvgIpc) is 3.22. The number of likely N-dealkylation sites (tertiary alicyclic amines) is 1. The van der Waals surface area contributed by atoms with Crippen LogP contribution in [0.5, 0.6) is 0 Å². The van der Waals surface area contributed by atoms with Crippen molar-refractivity contribution in [1.29, 1.82) is 0 Å². The SMILES string of the molecule is CC(C)(C(=O)O)c1ccc(NC(=O)C2CCCCC2C(=O)N2CCCC2)cc1. The molecule has 0 spiro atoms. The van der Waals surface area contributed by atoms with Crippen molar-refractivity contribution in [2.45, 2.75) is 57.8 Å². The highest BCUT2D eigenvalue weighted by Gasteiger charge is 2.38. The molecule has 3 rings (SSSR count). The van der Waals surface area contributed by atoms with Gasteiger partial charge < -0.3 is 15.3 Å². The van der Waals surface area contributed by atoms with Gasteiger partial charge in [-0.05, 0) is 57.2 Å². The number of carbonyl (C=O) groups is 3. The monoisotopic (exact) mass is 386 g/mol. The Morgan fingerprint density at radius 1 is 0.964 bits per heavy atom. The zero-order chi connectivity index (χ0) is 20.3. The van der Waals surface area contributed by atoms with E-state index in [4.69, 9.17) is 0 Å². The van der Waals surface area contributed by atoms with E-state index in [1.54, 1.807) is 38.1 Å². The lowest BCUT2D eigenvalue weighted by atomic mass is 9.77. The molecule has 1 heterocycles. The second-order valence-corrected chi connectivity index (χ2v) is 8.53. The minimum atomic E-state index is -0.987. The number of aliphatic carboxylic acids is 1. The normalized spacial score (nSPS) is 22.7. The molecule has 28 heavy (non-hydrogen) atoms. The molecule has 1 aromatic carbocycles. The molecule has 1 aliphatic heterocycles. The summed E-state index contributed by atoms with van der Waals surface area (Å²) in [5.74, 6) is -1.39. The van der Waals surface area contributed by atoms with Crippen LogP contribution in [0.3, 0.4) is 0 Å². The smallest absolute Gasteiger partial charge is 0.313 e. The Labute approximate surface area is 166 Å². The second-order valence-electron chi connectivity index (χ2n) is 8.53. The van der Waals surface area contributed by atoms with Crippen LogP contribution in [0.15, 0.2) is 24.3 Å². The lowest BCUT2D eigenvalue weighted by molar-refractivity contribution is -0.142. The van der Waals surface area contributed by atoms with Crippen molar-refractivity contribution in [2.24, 2.45) is 11.8 Å². The highest BCUT2D eigenvalue weighted by molar-refractivity contribution is 5.96. The summed E-state index contributed by atoms with van der Waals surface area (Å²) in [6.07, 6.45) is 5.57. The Bertz CT molecular complexity index is 735. The van der Waals surface area contributed by atoms with Crippen LogP contribution in [-0.4, -0.2) is 40.9 Å². The van der Waals surface area contributed by atoms with Gasteiger partial charge >= 0.3 is 5.97 Å². The molecule has 2 N–H and O–H groups in total. The van der Waals surface area contributed by atoms with Gasteiger partial charge in [0.05, 0.1) is 5.41 Å². The third-order valence-corrected chi connectivity index (χ3v) is 6.25. The summed E-state index contributed by atoms with van der Waals surface area (Å²) in [5, 5.41) is 12.3. The van der Waals surface area contributed by atoms with E-state index in [0.717, 1.165) is 51.6 Å². The van der Waals surface area contributed by atoms with Crippen LogP contribution in [0.2, 0.25) is 0 Å². The number of carboxylic acid groups (broad SMARTS) is 1. The zero-order valence-electron chi connectivity index (χ0n) is 16.7. The Morgan fingerprint density at radius 3 is 2.11 bits per heavy atom. The van der Waals surface area contributed by atoms with Gasteiger partial charge in [-0.3, -0.25) is 14.4 Å². The highest BCUT2D eigenvalue weighted by atomic mass is 16.4. The zero-order valence-corrected chi connectivity index (χ0v) is 16.7. The fraction of sp³-hybridized carbons (Fsp3) is 0.591. The first-order valence-corrected chi connectivity index (χ1v) is 10.2. The number of hydrogen-bond donors (Lipinski definition) is 2. The largest absolute Gasteiger partial charge is 0.481 e. The van der Waals surface area contributed by atoms with Crippen molar-refractivity contribution < 1.29 is 19.5 Å². The molecule has 6 nitrogen and oxygen atoms in total. The Morgan fingerprint density at radius 2 is 1.54 bits per heavy atom. The summed E-state index contributed by atoms with van der Waals surface area (Å²) in [5.41, 5.74) is 0.324. The molecule has 2 aliphatic rings. The molecule has 1 aromatic rings. The van der Waals surface area contributed by atoms with E-state index in [-0.39, 0.29) is 23.7 Å². The molecule has 1 aliphatic carbocycles. The first kappa shape index (κ1) is 20.4. The predicted molar refractivity (Wildman–Crippen MR) is 107 cm³/mol. The number of rotatable bonds is 5. The summed E-state index contributed by atoms with van der Waals surface area (Å²) >= 11 is 0. The number of benzene rings is 1. The van der Waals surface area contributed by atoms with E-state index < -0.39 is 11.4 Å². The van der Waals surface area contributed by atoms with E-state index in [1.165, 1.54) is 0 Å². The van der Waals surface area contributed by atoms with E-state index >= 15 is 0 Å². The number of anilines is 1. The molecule has 6 heteroatoms. The van der Waals surface area contributed by atoms with Gasteiger partial charge in [-0.15, -0.1) is 0 Å². The van der Waals surface area contributed by atoms with Crippen LogP contribution in [0.25, 0.3) is 0 Å². The number of carbonyl (C=O) groups excluding carboxylic acids is 2. The Balaban J connectivity index is 1.68. The van der Waals surface area contributed by atoms with E-state index in [1.807, 2.05) is 4.90 Å². The fourth-order valence-electron chi connectivity index (χ4n) is 4.24. The van der Waals surface area contributed by atoms with Crippen LogP contribution in [0, 0.1) is 11.8 Å². The summed E-state index contributed by atoms with van der Waals surface area (Å²) in [6.45, 7) is 4.92. The average molecular weight is 386 g/mol. The van der Waals surface area contributed by atoms with Gasteiger partial charge in [-0.25, -0.2) is 0 Å². The first-order chi connectivity index (χ1) is 13.3. The van der Waals surface area contributed by atoms with Gasteiger partial charge in [0.25, 0.3) is 0 Å². The van der Waals surface area contributed by atoms with Crippen molar-refractivity contribution in [3.05, 3.63) is 29.8 Å². The van der Waals surface area contributed by atoms with Gasteiger partial charge in [-0.2, -0.15) is 0 Å². The van der Waals surface area contributed by atoms with Crippen LogP contribution in [0.4, 0.5) is 5.69 Å². The molecule has 2 unspecified atom stereocenters. The van der Waals surface area contributed by atoms with Crippen LogP contribution >= 0.6 is 0 Å². The molecule has 1 saturated heterocycles. The molecule has 2 atom stereocenters. The Hall–Kier alpha value is -2.37. The summed E-state index contributed by atoms with van der Waals surface area (Å²) < 4.78 is 0. The number of hydrogen-bond acceptors (Lipinski definition) is 3. The van der Waals surface area contributed by atoms with Crippen LogP contribution in [0.1, 0.15) is 57.9 Å². The number of nitrogens with one attached hydrogen (secondary N) is 1. The van der Waals surface area contributed by atoms with E-state index in [0.29, 0.717) is 11.3 Å². The molecule has 152 valence electrons. The van der Waals surface area contributed by atoms with Crippen LogP contribution in [-0.2, 0) is 19.8 Å². The summed E-state index contributed by atoms with van der Waals surface area (Å²) in [7, 11) is 0. The molecule has 0 aromatic heterocycles. The molecular weight excluding hydrogens is 356 g/mol. The van der Waals surface area contributed by atoms with Crippen molar-refractivity contribution in [3.63, 3.8) is 0 Å². The molecule has 1 saturated carbocycles. The summed E-state index contributed by atoms with van der Waals surface area (Å²) in [4.78, 5) is 39.1. The fourth-order valence-corrected chi connectivity index (χ4v) is 4.24. The van der Waals surface area contributed by atoms with Gasteiger partial charge in [0.1, 0.15) is 0 Å². The third kappa shape index (κ3) is 4.21. The maximum absolute atomic E-state index is 12.9. The van der Waals surface area contributed by atoms with Gasteiger partial charge in [0.2, 0.25) is 11.8 Å². The van der Waals surface area contributed by atoms with Crippen molar-refractivity contribution in [2.75, 3.05) is 18.4 Å². The predicted octanol–water partition coefficient (Wildman–Crippen LogP) is 3.42. The van der Waals surface area contributed by atoms with Gasteiger partial charge in [0, 0.05) is 30.6 Å². The standard InChI is InChI=1S/C22H30N2O4/c1-22(2,21(27)28)15-9-11-16(12-10-15)23-19(25)17-7-3-4-8-18(17)20(26)24-13-5-6-14-24/h9-12,17-18H,3-8,13-14H2,1-2H3,(H,23,25)(H,27,28). The van der Waals surface area contributed by atoms with E-state index in [9.17, 15) is 19.5 Å². The first-order valence-electron chi connectivity index (χ1n) is 10.2. The molecule has 2 fully saturated rings. The molecule has 2 amide bonds. The second kappa shape index (κ2) is 8.33. The molecule has 0 radical (unpaired) electrons. The number of carboxylic acids is 1. The lowest BCUT2D eigenvalue weighted by Gasteiger charge is -2.32. The topological polar surface area (TPSA) is 86.7 Å². The van der Waals surface area contributed by atoms with E-state index in [2.05, 4.69) is 5.32 Å². The minimum absolute atomic E-state index is 0.109. The van der Waals surface area contributed by atoms with Crippen LogP contribution < -0.4 is 5.32 Å². The highest BCUT2D eigenvalue weighted by Crippen LogP contribution is 2.33.